The number of methoxy groups -OCH3 is 1. The Morgan fingerprint density at radius 2 is 2.47 bits per heavy atom. The normalized spacial score (nSPS) is 10.7. The lowest BCUT2D eigenvalue weighted by Crippen LogP contribution is -2.01. The molecule has 17 heavy (non-hydrogen) atoms. The highest BCUT2D eigenvalue weighted by Crippen LogP contribution is 2.33. The molecule has 0 fully saturated rings. The van der Waals surface area contributed by atoms with Crippen LogP contribution < -0.4 is 0 Å². The molecule has 0 spiro atoms. The molecule has 0 aliphatic carbocycles. The number of hydrogen-bond donors (Lipinski definition) is 1. The number of thioether (sulfide) groups is 1. The maximum absolute atomic E-state index is 11.0. The van der Waals surface area contributed by atoms with E-state index in [0.717, 1.165) is 15.9 Å². The zero-order valence-electron chi connectivity index (χ0n) is 9.20. The second kappa shape index (κ2) is 5.42. The van der Waals surface area contributed by atoms with E-state index in [9.17, 15) is 4.79 Å². The van der Waals surface area contributed by atoms with Gasteiger partial charge in [0.05, 0.1) is 18.6 Å². The van der Waals surface area contributed by atoms with Crippen LogP contribution in [0, 0.1) is 0 Å². The summed E-state index contributed by atoms with van der Waals surface area (Å²) in [6.07, 6.45) is 3.80. The van der Waals surface area contributed by atoms with Crippen LogP contribution in [0.2, 0.25) is 5.02 Å². The summed E-state index contributed by atoms with van der Waals surface area (Å²) >= 11 is 7.63. The third-order valence-electron chi connectivity index (χ3n) is 2.27. The molecule has 6 heteroatoms. The first-order chi connectivity index (χ1) is 8.22. The number of carbonyl (C=O) groups is 1. The molecule has 2 heterocycles. The first-order valence-electron chi connectivity index (χ1n) is 5.03. The lowest BCUT2D eigenvalue weighted by Gasteiger charge is -2.04. The molecule has 0 radical (unpaired) electrons. The van der Waals surface area contributed by atoms with Gasteiger partial charge < -0.3 is 9.72 Å². The molecule has 2 aromatic rings. The number of nitrogens with one attached hydrogen (secondary N) is 1. The molecule has 0 aromatic carbocycles. The zero-order valence-corrected chi connectivity index (χ0v) is 10.8. The van der Waals surface area contributed by atoms with Gasteiger partial charge in [0.15, 0.2) is 0 Å². The molecule has 0 saturated heterocycles. The lowest BCUT2D eigenvalue weighted by molar-refractivity contribution is -0.140. The maximum Gasteiger partial charge on any atom is 0.306 e. The summed E-state index contributed by atoms with van der Waals surface area (Å²) in [4.78, 5) is 19.2. The van der Waals surface area contributed by atoms with E-state index in [1.165, 1.54) is 18.9 Å². The van der Waals surface area contributed by atoms with Gasteiger partial charge in [0, 0.05) is 28.4 Å². The second-order valence-electron chi connectivity index (χ2n) is 3.35. The van der Waals surface area contributed by atoms with Crippen molar-refractivity contribution in [2.24, 2.45) is 0 Å². The van der Waals surface area contributed by atoms with E-state index in [0.29, 0.717) is 17.2 Å². The minimum Gasteiger partial charge on any atom is -0.469 e. The molecule has 90 valence electrons. The van der Waals surface area contributed by atoms with Gasteiger partial charge in [-0.3, -0.25) is 4.79 Å². The lowest BCUT2D eigenvalue weighted by atomic mass is 10.3. The molecule has 1 N–H and O–H groups in total. The molecule has 2 rings (SSSR count). The molecule has 0 unspecified atom stereocenters. The van der Waals surface area contributed by atoms with Gasteiger partial charge in [-0.25, -0.2) is 4.98 Å². The van der Waals surface area contributed by atoms with Crippen molar-refractivity contribution >= 4 is 40.4 Å². The van der Waals surface area contributed by atoms with Crippen LogP contribution in [0.25, 0.3) is 11.0 Å². The third kappa shape index (κ3) is 2.73. The molecule has 0 bridgehead atoms. The summed E-state index contributed by atoms with van der Waals surface area (Å²) < 4.78 is 4.59. The Hall–Kier alpha value is -1.20. The number of carbonyl (C=O) groups excluding carboxylic acids is 1. The standard InChI is InChI=1S/C11H11ClN2O2S/c1-16-9(15)3-5-17-10-7-2-4-13-11(7)14-6-8(10)12/h2,4,6H,3,5H2,1H3,(H,13,14). The van der Waals surface area contributed by atoms with Gasteiger partial charge in [-0.2, -0.15) is 0 Å². The fourth-order valence-corrected chi connectivity index (χ4v) is 2.74. The number of nitrogens with zero attached hydrogens (tertiary/aromatic N) is 1. The van der Waals surface area contributed by atoms with Crippen LogP contribution in [0.15, 0.2) is 23.4 Å². The Kier molecular flexibility index (Phi) is 3.91. The molecule has 4 nitrogen and oxygen atoms in total. The molecule has 0 amide bonds. The zero-order chi connectivity index (χ0) is 12.3. The Morgan fingerprint density at radius 1 is 1.65 bits per heavy atom. The highest BCUT2D eigenvalue weighted by molar-refractivity contribution is 7.99. The number of aromatic amines is 1. The minimum absolute atomic E-state index is 0.215. The number of esters is 1. The van der Waals surface area contributed by atoms with Crippen molar-refractivity contribution in [3.05, 3.63) is 23.5 Å². The molecule has 0 aliphatic rings. The summed E-state index contributed by atoms with van der Waals surface area (Å²) in [6, 6.07) is 1.93. The number of hydrogen-bond acceptors (Lipinski definition) is 4. The molecular weight excluding hydrogens is 260 g/mol. The Bertz CT molecular complexity index is 541. The van der Waals surface area contributed by atoms with Gasteiger partial charge in [0.1, 0.15) is 5.65 Å². The van der Waals surface area contributed by atoms with Crippen molar-refractivity contribution in [1.82, 2.24) is 9.97 Å². The van der Waals surface area contributed by atoms with E-state index in [1.54, 1.807) is 6.20 Å². The second-order valence-corrected chi connectivity index (χ2v) is 4.86. The van der Waals surface area contributed by atoms with Gasteiger partial charge in [-0.1, -0.05) is 11.6 Å². The van der Waals surface area contributed by atoms with Crippen molar-refractivity contribution in [2.45, 2.75) is 11.3 Å². The largest absolute Gasteiger partial charge is 0.469 e. The van der Waals surface area contributed by atoms with Crippen LogP contribution in [0.3, 0.4) is 0 Å². The molecule has 0 aliphatic heterocycles. The van der Waals surface area contributed by atoms with E-state index in [-0.39, 0.29) is 5.97 Å². The fourth-order valence-electron chi connectivity index (χ4n) is 1.44. The van der Waals surface area contributed by atoms with Crippen LogP contribution in [0.5, 0.6) is 0 Å². The molecule has 2 aromatic heterocycles. The first-order valence-corrected chi connectivity index (χ1v) is 6.40. The quantitative estimate of drug-likeness (QED) is 0.686. The van der Waals surface area contributed by atoms with Crippen LogP contribution in [0.1, 0.15) is 6.42 Å². The Labute approximate surface area is 108 Å². The number of halogens is 1. The predicted octanol–water partition coefficient (Wildman–Crippen LogP) is 2.87. The first kappa shape index (κ1) is 12.3. The van der Waals surface area contributed by atoms with E-state index < -0.39 is 0 Å². The summed E-state index contributed by atoms with van der Waals surface area (Å²) in [7, 11) is 1.39. The fraction of sp³-hybridized carbons (Fsp3) is 0.273. The third-order valence-corrected chi connectivity index (χ3v) is 3.81. The highest BCUT2D eigenvalue weighted by Gasteiger charge is 2.09. The van der Waals surface area contributed by atoms with E-state index in [1.807, 2.05) is 12.3 Å². The SMILES string of the molecule is COC(=O)CCSc1c(Cl)cnc2[nH]ccc12. The number of rotatable bonds is 4. The topological polar surface area (TPSA) is 55.0 Å². The average molecular weight is 271 g/mol. The summed E-state index contributed by atoms with van der Waals surface area (Å²) in [5.74, 6) is 0.421. The highest BCUT2D eigenvalue weighted by atomic mass is 35.5. The van der Waals surface area contributed by atoms with Gasteiger partial charge in [-0.15, -0.1) is 11.8 Å². The summed E-state index contributed by atoms with van der Waals surface area (Å²) in [6.45, 7) is 0. The number of aromatic nitrogens is 2. The van der Waals surface area contributed by atoms with Crippen LogP contribution >= 0.6 is 23.4 Å². The van der Waals surface area contributed by atoms with Crippen molar-refractivity contribution < 1.29 is 9.53 Å². The summed E-state index contributed by atoms with van der Waals surface area (Å²) in [5, 5.41) is 1.58. The molecular formula is C11H11ClN2O2S. The van der Waals surface area contributed by atoms with Crippen LogP contribution in [-0.2, 0) is 9.53 Å². The monoisotopic (exact) mass is 270 g/mol. The maximum atomic E-state index is 11.0. The van der Waals surface area contributed by atoms with Gasteiger partial charge in [0.2, 0.25) is 0 Å². The molecule has 0 atom stereocenters. The van der Waals surface area contributed by atoms with Crippen molar-refractivity contribution in [2.75, 3.05) is 12.9 Å². The van der Waals surface area contributed by atoms with Gasteiger partial charge in [-0.05, 0) is 6.07 Å². The van der Waals surface area contributed by atoms with E-state index in [2.05, 4.69) is 14.7 Å². The van der Waals surface area contributed by atoms with Crippen LogP contribution in [0.4, 0.5) is 0 Å². The number of H-pyrrole nitrogens is 1. The molecule has 0 saturated carbocycles. The average Bonchev–Trinajstić information content (AvgIpc) is 2.80. The minimum atomic E-state index is -0.215. The van der Waals surface area contributed by atoms with E-state index in [4.69, 9.17) is 11.6 Å². The smallest absolute Gasteiger partial charge is 0.306 e. The van der Waals surface area contributed by atoms with Crippen molar-refractivity contribution in [3.8, 4) is 0 Å². The predicted molar refractivity (Wildman–Crippen MR) is 68.5 cm³/mol. The number of fused-ring (bicyclic) bond motifs is 1. The summed E-state index contributed by atoms with van der Waals surface area (Å²) in [5.41, 5.74) is 0.801. The van der Waals surface area contributed by atoms with Crippen molar-refractivity contribution in [3.63, 3.8) is 0 Å². The van der Waals surface area contributed by atoms with Crippen molar-refractivity contribution in [1.29, 1.82) is 0 Å². The van der Waals surface area contributed by atoms with E-state index >= 15 is 0 Å². The number of ether oxygens (including phenoxy) is 1. The Morgan fingerprint density at radius 3 is 3.24 bits per heavy atom. The van der Waals surface area contributed by atoms with Gasteiger partial charge in [0.25, 0.3) is 0 Å². The van der Waals surface area contributed by atoms with Gasteiger partial charge >= 0.3 is 5.97 Å². The number of pyridine rings is 1. The van der Waals surface area contributed by atoms with Crippen LogP contribution in [-0.4, -0.2) is 28.8 Å². The Balaban J connectivity index is 2.14.